The summed E-state index contributed by atoms with van der Waals surface area (Å²) >= 11 is 0. The van der Waals surface area contributed by atoms with Crippen molar-refractivity contribution in [2.45, 2.75) is 33.1 Å². The molecular formula is C12H18O2. The second-order valence-electron chi connectivity index (χ2n) is 4.42. The van der Waals surface area contributed by atoms with Gasteiger partial charge in [-0.25, -0.2) is 0 Å². The smallest absolute Gasteiger partial charge is 0.118 e. The first-order valence-corrected chi connectivity index (χ1v) is 4.80. The Bertz CT molecular complexity index is 340. The summed E-state index contributed by atoms with van der Waals surface area (Å²) in [6, 6.07) is 3.57. The summed E-state index contributed by atoms with van der Waals surface area (Å²) in [7, 11) is 0. The van der Waals surface area contributed by atoms with Gasteiger partial charge in [0.15, 0.2) is 0 Å². The Morgan fingerprint density at radius 1 is 1.14 bits per heavy atom. The van der Waals surface area contributed by atoms with E-state index in [9.17, 15) is 10.2 Å². The number of hydrogen-bond acceptors (Lipinski definition) is 2. The van der Waals surface area contributed by atoms with Gasteiger partial charge in [-0.3, -0.25) is 0 Å². The van der Waals surface area contributed by atoms with E-state index in [4.69, 9.17) is 0 Å². The third kappa shape index (κ3) is 1.75. The topological polar surface area (TPSA) is 40.5 Å². The van der Waals surface area contributed by atoms with E-state index in [1.807, 2.05) is 33.8 Å². The minimum Gasteiger partial charge on any atom is -0.508 e. The highest BCUT2D eigenvalue weighted by atomic mass is 16.3. The van der Waals surface area contributed by atoms with E-state index in [1.54, 1.807) is 6.07 Å². The first kappa shape index (κ1) is 11.1. The third-order valence-corrected chi connectivity index (χ3v) is 2.88. The second kappa shape index (κ2) is 3.62. The Morgan fingerprint density at radius 2 is 1.71 bits per heavy atom. The van der Waals surface area contributed by atoms with Gasteiger partial charge in [0, 0.05) is 5.41 Å². The molecule has 0 aliphatic carbocycles. The molecule has 0 bridgehead atoms. The largest absolute Gasteiger partial charge is 0.508 e. The lowest BCUT2D eigenvalue weighted by molar-refractivity contribution is 0.218. The van der Waals surface area contributed by atoms with Crippen LogP contribution in [0, 0.1) is 13.8 Å². The molecular weight excluding hydrogens is 176 g/mol. The Kier molecular flexibility index (Phi) is 2.86. The lowest BCUT2D eigenvalue weighted by Crippen LogP contribution is -2.23. The summed E-state index contributed by atoms with van der Waals surface area (Å²) in [5.74, 6) is 0.319. The van der Waals surface area contributed by atoms with E-state index in [2.05, 4.69) is 0 Å². The van der Waals surface area contributed by atoms with Crippen LogP contribution in [0.4, 0.5) is 0 Å². The molecule has 0 saturated carbocycles. The molecule has 2 N–H and O–H groups in total. The zero-order valence-electron chi connectivity index (χ0n) is 9.26. The van der Waals surface area contributed by atoms with E-state index in [0.717, 1.165) is 16.7 Å². The third-order valence-electron chi connectivity index (χ3n) is 2.88. The maximum Gasteiger partial charge on any atom is 0.118 e. The van der Waals surface area contributed by atoms with Crippen LogP contribution in [0.2, 0.25) is 0 Å². The van der Waals surface area contributed by atoms with Crippen molar-refractivity contribution in [2.24, 2.45) is 0 Å². The van der Waals surface area contributed by atoms with Crippen LogP contribution in [0.1, 0.15) is 30.5 Å². The van der Waals surface area contributed by atoms with Crippen molar-refractivity contribution in [2.75, 3.05) is 6.61 Å². The molecule has 0 atom stereocenters. The van der Waals surface area contributed by atoms with E-state index >= 15 is 0 Å². The summed E-state index contributed by atoms with van der Waals surface area (Å²) in [5, 5.41) is 18.8. The monoisotopic (exact) mass is 194 g/mol. The van der Waals surface area contributed by atoms with Crippen molar-refractivity contribution >= 4 is 0 Å². The highest BCUT2D eigenvalue weighted by Crippen LogP contribution is 2.31. The minimum atomic E-state index is -0.247. The molecule has 1 aromatic rings. The van der Waals surface area contributed by atoms with Crippen LogP contribution in [0.5, 0.6) is 5.75 Å². The van der Waals surface area contributed by atoms with Gasteiger partial charge in [-0.1, -0.05) is 19.9 Å². The van der Waals surface area contributed by atoms with Crippen LogP contribution >= 0.6 is 0 Å². The van der Waals surface area contributed by atoms with Crippen LogP contribution in [-0.4, -0.2) is 16.8 Å². The standard InChI is InChI=1S/C12H18O2/c1-8-9(2)11(14)6-5-10(8)12(3,4)7-13/h5-6,13-14H,7H2,1-4H3. The number of benzene rings is 1. The van der Waals surface area contributed by atoms with Gasteiger partial charge in [-0.15, -0.1) is 0 Å². The molecule has 0 spiro atoms. The van der Waals surface area contributed by atoms with Crippen LogP contribution in [0.25, 0.3) is 0 Å². The van der Waals surface area contributed by atoms with Crippen molar-refractivity contribution in [3.05, 3.63) is 28.8 Å². The van der Waals surface area contributed by atoms with Crippen molar-refractivity contribution in [3.8, 4) is 5.75 Å². The Balaban J connectivity index is 3.31. The molecule has 0 fully saturated rings. The van der Waals surface area contributed by atoms with Gasteiger partial charge < -0.3 is 10.2 Å². The molecule has 78 valence electrons. The molecule has 0 radical (unpaired) electrons. The molecule has 0 aliphatic heterocycles. The van der Waals surface area contributed by atoms with Gasteiger partial charge in [0.05, 0.1) is 6.61 Å². The average molecular weight is 194 g/mol. The summed E-state index contributed by atoms with van der Waals surface area (Å²) in [6.07, 6.45) is 0. The molecule has 1 aromatic carbocycles. The molecule has 0 aromatic heterocycles. The van der Waals surface area contributed by atoms with Crippen molar-refractivity contribution in [1.82, 2.24) is 0 Å². The first-order valence-electron chi connectivity index (χ1n) is 4.80. The molecule has 14 heavy (non-hydrogen) atoms. The summed E-state index contributed by atoms with van der Waals surface area (Å²) in [5.41, 5.74) is 2.80. The highest BCUT2D eigenvalue weighted by molar-refractivity contribution is 5.45. The van der Waals surface area contributed by atoms with Crippen LogP contribution in [0.15, 0.2) is 12.1 Å². The summed E-state index contributed by atoms with van der Waals surface area (Å²) < 4.78 is 0. The molecule has 0 aliphatic rings. The molecule has 0 heterocycles. The highest BCUT2D eigenvalue weighted by Gasteiger charge is 2.22. The van der Waals surface area contributed by atoms with Crippen molar-refractivity contribution in [3.63, 3.8) is 0 Å². The lowest BCUT2D eigenvalue weighted by Gasteiger charge is -2.25. The van der Waals surface area contributed by atoms with Crippen LogP contribution in [-0.2, 0) is 5.41 Å². The molecule has 0 amide bonds. The average Bonchev–Trinajstić information content (AvgIpc) is 2.14. The summed E-state index contributed by atoms with van der Waals surface area (Å²) in [6.45, 7) is 7.96. The predicted octanol–water partition coefficient (Wildman–Crippen LogP) is 2.28. The number of rotatable bonds is 2. The summed E-state index contributed by atoms with van der Waals surface area (Å²) in [4.78, 5) is 0. The molecule has 0 unspecified atom stereocenters. The zero-order chi connectivity index (χ0) is 10.9. The second-order valence-corrected chi connectivity index (χ2v) is 4.42. The van der Waals surface area contributed by atoms with Crippen molar-refractivity contribution < 1.29 is 10.2 Å². The maximum absolute atomic E-state index is 9.50. The normalized spacial score (nSPS) is 11.8. The minimum absolute atomic E-state index is 0.109. The van der Waals surface area contributed by atoms with E-state index in [0.29, 0.717) is 5.75 Å². The van der Waals surface area contributed by atoms with Gasteiger partial charge in [0.25, 0.3) is 0 Å². The SMILES string of the molecule is Cc1c(O)ccc(C(C)(C)CO)c1C. The van der Waals surface area contributed by atoms with Gasteiger partial charge in [-0.05, 0) is 36.6 Å². The number of hydrogen-bond donors (Lipinski definition) is 2. The van der Waals surface area contributed by atoms with E-state index in [-0.39, 0.29) is 12.0 Å². The van der Waals surface area contributed by atoms with Crippen LogP contribution in [0.3, 0.4) is 0 Å². The fraction of sp³-hybridized carbons (Fsp3) is 0.500. The van der Waals surface area contributed by atoms with Gasteiger partial charge in [0.1, 0.15) is 5.75 Å². The number of aliphatic hydroxyl groups excluding tert-OH is 1. The Morgan fingerprint density at radius 3 is 2.21 bits per heavy atom. The van der Waals surface area contributed by atoms with Gasteiger partial charge in [0.2, 0.25) is 0 Å². The number of phenolic OH excluding ortho intramolecular Hbond substituents is 1. The van der Waals surface area contributed by atoms with Crippen LogP contribution < -0.4 is 0 Å². The molecule has 2 nitrogen and oxygen atoms in total. The van der Waals surface area contributed by atoms with E-state index < -0.39 is 0 Å². The number of aliphatic hydroxyl groups is 1. The number of aromatic hydroxyl groups is 1. The quantitative estimate of drug-likeness (QED) is 0.758. The predicted molar refractivity (Wildman–Crippen MR) is 57.7 cm³/mol. The fourth-order valence-electron chi connectivity index (χ4n) is 1.62. The van der Waals surface area contributed by atoms with Crippen molar-refractivity contribution in [1.29, 1.82) is 0 Å². The Hall–Kier alpha value is -1.02. The first-order chi connectivity index (χ1) is 6.40. The maximum atomic E-state index is 9.50. The Labute approximate surface area is 85.2 Å². The van der Waals surface area contributed by atoms with Gasteiger partial charge >= 0.3 is 0 Å². The fourth-order valence-corrected chi connectivity index (χ4v) is 1.62. The lowest BCUT2D eigenvalue weighted by atomic mass is 9.81. The molecule has 1 rings (SSSR count). The number of phenols is 1. The van der Waals surface area contributed by atoms with E-state index in [1.165, 1.54) is 0 Å². The molecule has 0 saturated heterocycles. The zero-order valence-corrected chi connectivity index (χ0v) is 9.26. The van der Waals surface area contributed by atoms with Gasteiger partial charge in [-0.2, -0.15) is 0 Å². The molecule has 2 heteroatoms.